The Morgan fingerprint density at radius 2 is 1.90 bits per heavy atom. The highest BCUT2D eigenvalue weighted by Crippen LogP contribution is 1.90. The Morgan fingerprint density at radius 3 is 2.20 bits per heavy atom. The molecule has 10 heavy (non-hydrogen) atoms. The van der Waals surface area contributed by atoms with Crippen LogP contribution in [0.25, 0.3) is 0 Å². The van der Waals surface area contributed by atoms with E-state index >= 15 is 0 Å². The highest BCUT2D eigenvalue weighted by Gasteiger charge is 2.00. The first-order chi connectivity index (χ1) is 4.16. The maximum Gasteiger partial charge on any atom is 0.0779 e. The molecule has 0 saturated heterocycles. The van der Waals surface area contributed by atoms with E-state index in [0.29, 0.717) is 6.61 Å². The van der Waals surface area contributed by atoms with Gasteiger partial charge in [-0.3, -0.25) is 0 Å². The highest BCUT2D eigenvalue weighted by molar-refractivity contribution is 6.92. The Balaban J connectivity index is 0. The van der Waals surface area contributed by atoms with Gasteiger partial charge in [0, 0.05) is 0 Å². The average molecular weight is 168 g/mol. The quantitative estimate of drug-likeness (QED) is 0.573. The number of hydrogen-bond donors (Lipinski definition) is 2. The first-order valence-corrected chi connectivity index (χ1v) is 3.07. The molecule has 0 aliphatic rings. The summed E-state index contributed by atoms with van der Waals surface area (Å²) in [5.74, 6) is 0. The summed E-state index contributed by atoms with van der Waals surface area (Å²) in [4.78, 5) is 0. The fourth-order valence-electron chi connectivity index (χ4n) is 0.356. The lowest BCUT2D eigenvalue weighted by atomic mass is 10.4. The zero-order valence-electron chi connectivity index (χ0n) is 6.58. The predicted octanol–water partition coefficient (Wildman–Crippen LogP) is -0.177. The van der Waals surface area contributed by atoms with Gasteiger partial charge in [0.2, 0.25) is 0 Å². The Kier molecular flexibility index (Phi) is 9.60. The minimum Gasteiger partial charge on any atom is -0.394 e. The Labute approximate surface area is 65.0 Å². The van der Waals surface area contributed by atoms with Gasteiger partial charge < -0.3 is 14.9 Å². The van der Waals surface area contributed by atoms with E-state index < -0.39 is 6.10 Å². The molecule has 0 aromatic heterocycles. The fourth-order valence-corrected chi connectivity index (χ4v) is 0.356. The van der Waals surface area contributed by atoms with Crippen LogP contribution in [0.4, 0.5) is 0 Å². The van der Waals surface area contributed by atoms with Crippen LogP contribution in [0.15, 0.2) is 0 Å². The summed E-state index contributed by atoms with van der Waals surface area (Å²) in [6, 6.07) is 0. The van der Waals surface area contributed by atoms with Crippen LogP contribution < -0.4 is 0 Å². The summed E-state index contributed by atoms with van der Waals surface area (Å²) in [6.45, 7) is 3.70. The van der Waals surface area contributed by atoms with Gasteiger partial charge in [0.1, 0.15) is 0 Å². The molecular weight excluding hydrogens is 151 g/mol. The summed E-state index contributed by atoms with van der Waals surface area (Å²) in [6.07, 6.45) is -0.612. The number of ether oxygens (including phenoxy) is 1. The highest BCUT2D eigenvalue weighted by atomic mass is 31.0. The number of aliphatic hydroxyl groups is 2. The van der Waals surface area contributed by atoms with Gasteiger partial charge in [-0.1, -0.05) is 0 Å². The summed E-state index contributed by atoms with van der Waals surface area (Å²) in [5.41, 5.74) is 0. The van der Waals surface area contributed by atoms with E-state index in [1.165, 1.54) is 0 Å². The molecule has 0 bridgehead atoms. The van der Waals surface area contributed by atoms with E-state index in [1.807, 2.05) is 0 Å². The van der Waals surface area contributed by atoms with Crippen molar-refractivity contribution in [3.05, 3.63) is 0 Å². The van der Waals surface area contributed by atoms with Crippen molar-refractivity contribution < 1.29 is 14.9 Å². The number of hydrogen-bond acceptors (Lipinski definition) is 3. The van der Waals surface area contributed by atoms with E-state index in [4.69, 9.17) is 14.9 Å². The van der Waals surface area contributed by atoms with E-state index in [1.54, 1.807) is 13.8 Å². The molecule has 64 valence electrons. The summed E-state index contributed by atoms with van der Waals surface area (Å²) < 4.78 is 4.95. The summed E-state index contributed by atoms with van der Waals surface area (Å²) in [5, 5.41) is 17.1. The van der Waals surface area contributed by atoms with Gasteiger partial charge in [-0.15, -0.1) is 0 Å². The molecule has 3 atom stereocenters. The Bertz CT molecular complexity index is 68.0. The third-order valence-corrected chi connectivity index (χ3v) is 0.879. The molecule has 3 nitrogen and oxygen atoms in total. The van der Waals surface area contributed by atoms with Crippen LogP contribution in [0.5, 0.6) is 0 Å². The number of aliphatic hydroxyl groups excluding tert-OH is 2. The Hall–Kier alpha value is 0.310. The standard InChI is InChI=1S/C6H14O3.H3P/c1-5(8)4-9-6(2)3-7;/h5-8H,3-4H2,1-2H3;1H3. The van der Waals surface area contributed by atoms with Gasteiger partial charge >= 0.3 is 0 Å². The number of rotatable bonds is 4. The van der Waals surface area contributed by atoms with Gasteiger partial charge in [0.25, 0.3) is 0 Å². The lowest BCUT2D eigenvalue weighted by molar-refractivity contribution is -0.0177. The van der Waals surface area contributed by atoms with Crippen molar-refractivity contribution in [3.8, 4) is 0 Å². The van der Waals surface area contributed by atoms with E-state index in [2.05, 4.69) is 0 Å². The van der Waals surface area contributed by atoms with Crippen molar-refractivity contribution in [2.75, 3.05) is 13.2 Å². The molecule has 0 aromatic rings. The van der Waals surface area contributed by atoms with Gasteiger partial charge in [-0.2, -0.15) is 9.90 Å². The zero-order valence-corrected chi connectivity index (χ0v) is 7.99. The minimum atomic E-state index is -0.445. The molecule has 0 amide bonds. The van der Waals surface area contributed by atoms with Gasteiger partial charge in [0.15, 0.2) is 0 Å². The summed E-state index contributed by atoms with van der Waals surface area (Å²) in [7, 11) is 0. The second-order valence-electron chi connectivity index (χ2n) is 2.18. The van der Waals surface area contributed by atoms with Crippen molar-refractivity contribution in [2.45, 2.75) is 26.1 Å². The second kappa shape index (κ2) is 7.42. The van der Waals surface area contributed by atoms with Crippen LogP contribution in [0, 0.1) is 0 Å². The molecule has 0 radical (unpaired) electrons. The maximum atomic E-state index is 8.69. The molecule has 2 N–H and O–H groups in total. The molecule has 0 aromatic carbocycles. The van der Waals surface area contributed by atoms with Crippen LogP contribution in [0.2, 0.25) is 0 Å². The second-order valence-corrected chi connectivity index (χ2v) is 2.18. The van der Waals surface area contributed by atoms with Crippen molar-refractivity contribution in [3.63, 3.8) is 0 Å². The van der Waals surface area contributed by atoms with Crippen molar-refractivity contribution in [1.82, 2.24) is 0 Å². The van der Waals surface area contributed by atoms with Gasteiger partial charge in [0.05, 0.1) is 25.4 Å². The van der Waals surface area contributed by atoms with Crippen molar-refractivity contribution >= 4 is 9.90 Å². The molecule has 3 unspecified atom stereocenters. The van der Waals surface area contributed by atoms with E-state index in [-0.39, 0.29) is 22.6 Å². The van der Waals surface area contributed by atoms with E-state index in [0.717, 1.165) is 0 Å². The lowest BCUT2D eigenvalue weighted by Gasteiger charge is -2.10. The molecule has 0 spiro atoms. The van der Waals surface area contributed by atoms with Crippen molar-refractivity contribution in [1.29, 1.82) is 0 Å². The third kappa shape index (κ3) is 8.31. The molecule has 0 saturated carbocycles. The van der Waals surface area contributed by atoms with Crippen molar-refractivity contribution in [2.24, 2.45) is 0 Å². The van der Waals surface area contributed by atoms with Gasteiger partial charge in [-0.25, -0.2) is 0 Å². The lowest BCUT2D eigenvalue weighted by Crippen LogP contribution is -2.19. The monoisotopic (exact) mass is 168 g/mol. The molecular formula is C6H17O3P. The molecule has 0 aliphatic carbocycles. The van der Waals surface area contributed by atoms with Crippen LogP contribution in [0.3, 0.4) is 0 Å². The van der Waals surface area contributed by atoms with E-state index in [9.17, 15) is 0 Å². The maximum absolute atomic E-state index is 8.69. The van der Waals surface area contributed by atoms with Crippen LogP contribution in [-0.2, 0) is 4.74 Å². The summed E-state index contributed by atoms with van der Waals surface area (Å²) >= 11 is 0. The minimum absolute atomic E-state index is 0. The smallest absolute Gasteiger partial charge is 0.0779 e. The SMILES string of the molecule is CC(O)COC(C)CO.P. The van der Waals surface area contributed by atoms with Crippen LogP contribution in [0.1, 0.15) is 13.8 Å². The predicted molar refractivity (Wildman–Crippen MR) is 45.3 cm³/mol. The van der Waals surface area contributed by atoms with Gasteiger partial charge in [-0.05, 0) is 13.8 Å². The molecule has 0 rings (SSSR count). The van der Waals surface area contributed by atoms with Crippen LogP contribution >= 0.6 is 9.90 Å². The molecule has 0 aliphatic heterocycles. The average Bonchev–Trinajstić information content (AvgIpc) is 1.83. The molecule has 0 heterocycles. The zero-order chi connectivity index (χ0) is 7.28. The first kappa shape index (κ1) is 12.9. The Morgan fingerprint density at radius 1 is 1.40 bits per heavy atom. The third-order valence-electron chi connectivity index (χ3n) is 0.879. The largest absolute Gasteiger partial charge is 0.394 e. The molecule has 4 heteroatoms. The van der Waals surface area contributed by atoms with Crippen LogP contribution in [-0.4, -0.2) is 35.6 Å². The molecule has 0 fully saturated rings. The first-order valence-electron chi connectivity index (χ1n) is 3.07. The normalized spacial score (nSPS) is 15.6. The topological polar surface area (TPSA) is 49.7 Å². The fraction of sp³-hybridized carbons (Fsp3) is 1.00.